The lowest BCUT2D eigenvalue weighted by atomic mass is 10.3. The molecule has 0 amide bonds. The maximum absolute atomic E-state index is 12.8. The van der Waals surface area contributed by atoms with E-state index in [9.17, 15) is 13.6 Å². The lowest BCUT2D eigenvalue weighted by Crippen LogP contribution is -1.85. The van der Waals surface area contributed by atoms with Crippen molar-refractivity contribution in [3.8, 4) is 0 Å². The molecule has 82 valence electrons. The number of benzene rings is 1. The molecule has 0 aliphatic rings. The molecule has 0 spiro atoms. The van der Waals surface area contributed by atoms with Crippen molar-refractivity contribution in [3.05, 3.63) is 29.8 Å². The molecule has 0 radical (unpaired) electrons. The molecule has 0 atom stereocenters. The van der Waals surface area contributed by atoms with Crippen molar-refractivity contribution in [2.45, 2.75) is 24.2 Å². The van der Waals surface area contributed by atoms with Crippen LogP contribution < -0.4 is 0 Å². The number of carbonyl (C=O) groups is 1. The van der Waals surface area contributed by atoms with Crippen LogP contribution in [0.2, 0.25) is 0 Å². The minimum Gasteiger partial charge on any atom is -0.303 e. The van der Waals surface area contributed by atoms with Crippen molar-refractivity contribution in [2.24, 2.45) is 0 Å². The molecule has 0 aromatic heterocycles. The Hall–Kier alpha value is -0.900. The first kappa shape index (κ1) is 12.2. The zero-order chi connectivity index (χ0) is 11.1. The fourth-order valence-electron chi connectivity index (χ4n) is 1.13. The van der Waals surface area contributed by atoms with Gasteiger partial charge >= 0.3 is 0 Å². The van der Waals surface area contributed by atoms with Gasteiger partial charge in [0.15, 0.2) is 0 Å². The minimum atomic E-state index is -0.551. The van der Waals surface area contributed by atoms with E-state index < -0.39 is 11.6 Å². The van der Waals surface area contributed by atoms with E-state index in [-0.39, 0.29) is 0 Å². The third-order valence-corrected chi connectivity index (χ3v) is 2.88. The van der Waals surface area contributed by atoms with Crippen LogP contribution in [-0.4, -0.2) is 12.0 Å². The molecule has 4 heteroatoms. The molecule has 0 aliphatic heterocycles. The quantitative estimate of drug-likeness (QED) is 0.423. The van der Waals surface area contributed by atoms with Gasteiger partial charge in [-0.3, -0.25) is 0 Å². The number of thioether (sulfide) groups is 1. The topological polar surface area (TPSA) is 17.1 Å². The molecule has 1 aromatic rings. The first-order valence-electron chi connectivity index (χ1n) is 4.75. The highest BCUT2D eigenvalue weighted by Gasteiger charge is 2.00. The molecular weight excluding hydrogens is 218 g/mol. The summed E-state index contributed by atoms with van der Waals surface area (Å²) < 4.78 is 25.5. The van der Waals surface area contributed by atoms with Crippen LogP contribution in [0.3, 0.4) is 0 Å². The van der Waals surface area contributed by atoms with E-state index >= 15 is 0 Å². The minimum absolute atomic E-state index is 0.551. The molecule has 0 saturated carbocycles. The highest BCUT2D eigenvalue weighted by atomic mass is 32.2. The average molecular weight is 230 g/mol. The van der Waals surface area contributed by atoms with Gasteiger partial charge in [0, 0.05) is 17.4 Å². The fourth-order valence-corrected chi connectivity index (χ4v) is 2.11. The Bertz CT molecular complexity index is 308. The molecule has 1 nitrogen and oxygen atoms in total. The van der Waals surface area contributed by atoms with Crippen LogP contribution in [-0.2, 0) is 4.79 Å². The number of aldehydes is 1. The van der Waals surface area contributed by atoms with Gasteiger partial charge in [-0.25, -0.2) is 8.78 Å². The highest BCUT2D eigenvalue weighted by Crippen LogP contribution is 2.21. The maximum atomic E-state index is 12.8. The number of hydrogen-bond donors (Lipinski definition) is 0. The summed E-state index contributed by atoms with van der Waals surface area (Å²) in [5, 5.41) is 0. The van der Waals surface area contributed by atoms with E-state index in [0.717, 1.165) is 30.9 Å². The number of unbranched alkanes of at least 4 members (excludes halogenated alkanes) is 2. The number of carbonyl (C=O) groups excluding carboxylic acids is 1. The monoisotopic (exact) mass is 230 g/mol. The second-order valence-electron chi connectivity index (χ2n) is 3.12. The standard InChI is InChI=1S/C11H12F2OS/c12-9-6-10(13)8-11(7-9)15-5-3-1-2-4-14/h4,6-8H,1-3,5H2. The molecule has 0 aliphatic carbocycles. The van der Waals surface area contributed by atoms with Gasteiger partial charge in [0.25, 0.3) is 0 Å². The van der Waals surface area contributed by atoms with Crippen LogP contribution in [0.15, 0.2) is 23.1 Å². The Kier molecular flexibility index (Phi) is 5.32. The van der Waals surface area contributed by atoms with Gasteiger partial charge in [0.2, 0.25) is 0 Å². The van der Waals surface area contributed by atoms with Crippen molar-refractivity contribution in [1.29, 1.82) is 0 Å². The molecule has 0 bridgehead atoms. The Morgan fingerprint density at radius 3 is 2.40 bits per heavy atom. The van der Waals surface area contributed by atoms with E-state index in [1.807, 2.05) is 0 Å². The third-order valence-electron chi connectivity index (χ3n) is 1.82. The summed E-state index contributed by atoms with van der Waals surface area (Å²) in [6.07, 6.45) is 3.14. The number of halogens is 2. The van der Waals surface area contributed by atoms with E-state index in [1.165, 1.54) is 23.9 Å². The fraction of sp³-hybridized carbons (Fsp3) is 0.364. The van der Waals surface area contributed by atoms with Crippen LogP contribution in [0.25, 0.3) is 0 Å². The molecule has 0 saturated heterocycles. The van der Waals surface area contributed by atoms with Crippen molar-refractivity contribution in [1.82, 2.24) is 0 Å². The van der Waals surface area contributed by atoms with Crippen molar-refractivity contribution in [3.63, 3.8) is 0 Å². The normalized spacial score (nSPS) is 10.3. The van der Waals surface area contributed by atoms with Crippen LogP contribution >= 0.6 is 11.8 Å². The van der Waals surface area contributed by atoms with Gasteiger partial charge in [-0.05, 0) is 30.7 Å². The lowest BCUT2D eigenvalue weighted by molar-refractivity contribution is -0.107. The van der Waals surface area contributed by atoms with Crippen LogP contribution in [0, 0.1) is 11.6 Å². The Morgan fingerprint density at radius 1 is 1.13 bits per heavy atom. The zero-order valence-corrected chi connectivity index (χ0v) is 9.03. The average Bonchev–Trinajstić information content (AvgIpc) is 2.16. The summed E-state index contributed by atoms with van der Waals surface area (Å²) in [4.78, 5) is 10.6. The predicted molar refractivity (Wildman–Crippen MR) is 57.0 cm³/mol. The largest absolute Gasteiger partial charge is 0.303 e. The highest BCUT2D eigenvalue weighted by molar-refractivity contribution is 7.99. The summed E-state index contributed by atoms with van der Waals surface area (Å²) in [6, 6.07) is 3.48. The Labute approximate surface area is 91.9 Å². The summed E-state index contributed by atoms with van der Waals surface area (Å²) in [6.45, 7) is 0. The van der Waals surface area contributed by atoms with Gasteiger partial charge in [-0.2, -0.15) is 0 Å². The van der Waals surface area contributed by atoms with E-state index in [4.69, 9.17) is 0 Å². The maximum Gasteiger partial charge on any atom is 0.127 e. The Balaban J connectivity index is 2.33. The molecule has 0 heterocycles. The van der Waals surface area contributed by atoms with Crippen LogP contribution in [0.4, 0.5) is 8.78 Å². The van der Waals surface area contributed by atoms with Gasteiger partial charge in [-0.15, -0.1) is 11.8 Å². The summed E-state index contributed by atoms with van der Waals surface area (Å²) >= 11 is 1.40. The number of rotatable bonds is 6. The van der Waals surface area contributed by atoms with Crippen molar-refractivity contribution >= 4 is 18.0 Å². The molecule has 1 aromatic carbocycles. The molecule has 15 heavy (non-hydrogen) atoms. The first-order chi connectivity index (χ1) is 7.22. The predicted octanol–water partition coefficient (Wildman–Crippen LogP) is 3.43. The summed E-state index contributed by atoms with van der Waals surface area (Å²) in [7, 11) is 0. The zero-order valence-electron chi connectivity index (χ0n) is 8.21. The third kappa shape index (κ3) is 4.93. The molecule has 0 fully saturated rings. The first-order valence-corrected chi connectivity index (χ1v) is 5.73. The van der Waals surface area contributed by atoms with E-state index in [1.54, 1.807) is 0 Å². The lowest BCUT2D eigenvalue weighted by Gasteiger charge is -2.01. The molecule has 1 rings (SSSR count). The Morgan fingerprint density at radius 2 is 1.80 bits per heavy atom. The molecule has 0 unspecified atom stereocenters. The van der Waals surface area contributed by atoms with Crippen LogP contribution in [0.5, 0.6) is 0 Å². The van der Waals surface area contributed by atoms with Crippen molar-refractivity contribution in [2.75, 3.05) is 5.75 Å². The van der Waals surface area contributed by atoms with Gasteiger partial charge in [0.05, 0.1) is 0 Å². The molecule has 0 N–H and O–H groups in total. The summed E-state index contributed by atoms with van der Waals surface area (Å²) in [5.74, 6) is -0.327. The van der Waals surface area contributed by atoms with Gasteiger partial charge < -0.3 is 4.79 Å². The van der Waals surface area contributed by atoms with Crippen molar-refractivity contribution < 1.29 is 13.6 Å². The number of hydrogen-bond acceptors (Lipinski definition) is 2. The molecular formula is C11H12F2OS. The second-order valence-corrected chi connectivity index (χ2v) is 4.28. The van der Waals surface area contributed by atoms with Gasteiger partial charge in [0.1, 0.15) is 17.9 Å². The van der Waals surface area contributed by atoms with E-state index in [2.05, 4.69) is 0 Å². The van der Waals surface area contributed by atoms with Gasteiger partial charge in [-0.1, -0.05) is 0 Å². The van der Waals surface area contributed by atoms with E-state index in [0.29, 0.717) is 11.3 Å². The second kappa shape index (κ2) is 6.56. The smallest absolute Gasteiger partial charge is 0.127 e. The summed E-state index contributed by atoms with van der Waals surface area (Å²) in [5.41, 5.74) is 0. The SMILES string of the molecule is O=CCCCCSc1cc(F)cc(F)c1. The van der Waals surface area contributed by atoms with Crippen LogP contribution in [0.1, 0.15) is 19.3 Å².